The highest BCUT2D eigenvalue weighted by Gasteiger charge is 2.43. The van der Waals surface area contributed by atoms with E-state index in [9.17, 15) is 14.0 Å². The predicted molar refractivity (Wildman–Crippen MR) is 122 cm³/mol. The molecule has 0 aliphatic carbocycles. The van der Waals surface area contributed by atoms with E-state index in [1.807, 2.05) is 49.1 Å². The summed E-state index contributed by atoms with van der Waals surface area (Å²) in [6, 6.07) is 19.7. The van der Waals surface area contributed by atoms with Gasteiger partial charge in [0.2, 0.25) is 0 Å². The van der Waals surface area contributed by atoms with Crippen molar-refractivity contribution in [1.29, 1.82) is 0 Å². The fraction of sp³-hybridized carbons (Fsp3) is 0.185. The lowest BCUT2D eigenvalue weighted by Gasteiger charge is -2.31. The van der Waals surface area contributed by atoms with Gasteiger partial charge in [-0.1, -0.05) is 54.1 Å². The van der Waals surface area contributed by atoms with Crippen LogP contribution in [0.1, 0.15) is 27.8 Å². The number of hydrogen-bond donors (Lipinski definition) is 0. The molecular weight excluding hydrogens is 403 g/mol. The molecule has 0 fully saturated rings. The van der Waals surface area contributed by atoms with E-state index in [0.717, 1.165) is 33.6 Å². The summed E-state index contributed by atoms with van der Waals surface area (Å²) in [6.07, 6.45) is 0.793. The number of nitrogens with zero attached hydrogens (tertiary/aromatic N) is 2. The average molecular weight is 426 g/mol. The lowest BCUT2D eigenvalue weighted by molar-refractivity contribution is -0.120. The SMILES string of the molecule is Cc1ccc(C2=C(N3CCc4ccccc4C3)C(=O)N(c3cccc(F)c3)C2=O)c(C)c1. The van der Waals surface area contributed by atoms with Crippen LogP contribution in [0, 0.1) is 19.7 Å². The molecule has 0 N–H and O–H groups in total. The van der Waals surface area contributed by atoms with Crippen molar-refractivity contribution in [1.82, 2.24) is 4.90 Å². The monoisotopic (exact) mass is 426 g/mol. The molecule has 0 atom stereocenters. The molecule has 2 amide bonds. The summed E-state index contributed by atoms with van der Waals surface area (Å²) in [5, 5.41) is 0. The largest absolute Gasteiger partial charge is 0.362 e. The molecule has 2 aliphatic heterocycles. The van der Waals surface area contributed by atoms with E-state index in [0.29, 0.717) is 24.4 Å². The van der Waals surface area contributed by atoms with Crippen LogP contribution >= 0.6 is 0 Å². The molecule has 0 radical (unpaired) electrons. The number of carbonyl (C=O) groups excluding carboxylic acids is 2. The molecule has 0 aromatic heterocycles. The molecule has 32 heavy (non-hydrogen) atoms. The molecule has 160 valence electrons. The normalized spacial score (nSPS) is 16.1. The highest BCUT2D eigenvalue weighted by Crippen LogP contribution is 2.38. The Morgan fingerprint density at radius 1 is 0.844 bits per heavy atom. The first-order chi connectivity index (χ1) is 15.4. The average Bonchev–Trinajstić information content (AvgIpc) is 3.03. The molecule has 5 rings (SSSR count). The van der Waals surface area contributed by atoms with Crippen molar-refractivity contribution in [3.8, 4) is 0 Å². The van der Waals surface area contributed by atoms with E-state index < -0.39 is 17.6 Å². The number of fused-ring (bicyclic) bond motifs is 1. The summed E-state index contributed by atoms with van der Waals surface area (Å²) in [5.74, 6) is -1.31. The summed E-state index contributed by atoms with van der Waals surface area (Å²) in [5.41, 5.74) is 6.18. The third kappa shape index (κ3) is 3.30. The van der Waals surface area contributed by atoms with E-state index in [-0.39, 0.29) is 5.69 Å². The van der Waals surface area contributed by atoms with Crippen molar-refractivity contribution < 1.29 is 14.0 Å². The third-order valence-corrected chi connectivity index (χ3v) is 6.22. The lowest BCUT2D eigenvalue weighted by Crippen LogP contribution is -2.37. The van der Waals surface area contributed by atoms with Gasteiger partial charge in [0.05, 0.1) is 11.3 Å². The van der Waals surface area contributed by atoms with Gasteiger partial charge in [0.25, 0.3) is 11.8 Å². The van der Waals surface area contributed by atoms with Gasteiger partial charge in [-0.2, -0.15) is 0 Å². The highest BCUT2D eigenvalue weighted by molar-refractivity contribution is 6.45. The van der Waals surface area contributed by atoms with Gasteiger partial charge < -0.3 is 4.90 Å². The number of hydrogen-bond acceptors (Lipinski definition) is 3. The van der Waals surface area contributed by atoms with Crippen LogP contribution in [0.2, 0.25) is 0 Å². The maximum Gasteiger partial charge on any atom is 0.282 e. The van der Waals surface area contributed by atoms with Crippen LogP contribution in [0.15, 0.2) is 72.4 Å². The zero-order valence-electron chi connectivity index (χ0n) is 18.1. The minimum atomic E-state index is -0.489. The first-order valence-electron chi connectivity index (χ1n) is 10.7. The molecule has 0 bridgehead atoms. The Kier molecular flexibility index (Phi) is 4.89. The predicted octanol–water partition coefficient (Wildman–Crippen LogP) is 4.79. The summed E-state index contributed by atoms with van der Waals surface area (Å²) in [6.45, 7) is 5.13. The summed E-state index contributed by atoms with van der Waals surface area (Å²) in [7, 11) is 0. The van der Waals surface area contributed by atoms with Crippen LogP contribution in [0.25, 0.3) is 5.57 Å². The number of rotatable bonds is 3. The number of amides is 2. The maximum atomic E-state index is 13.9. The number of anilines is 1. The second-order valence-electron chi connectivity index (χ2n) is 8.41. The lowest BCUT2D eigenvalue weighted by atomic mass is 9.95. The quantitative estimate of drug-likeness (QED) is 0.566. The van der Waals surface area contributed by atoms with E-state index in [4.69, 9.17) is 0 Å². The number of carbonyl (C=O) groups is 2. The standard InChI is InChI=1S/C27H23FN2O2/c1-17-10-11-23(18(2)14-17)24-25(29-13-12-19-6-3-4-7-20(19)16-29)27(32)30(26(24)31)22-9-5-8-21(28)15-22/h3-11,14-15H,12-13,16H2,1-2H3. The molecular formula is C27H23FN2O2. The summed E-state index contributed by atoms with van der Waals surface area (Å²) in [4.78, 5) is 30.4. The van der Waals surface area contributed by atoms with Gasteiger partial charge in [-0.3, -0.25) is 9.59 Å². The van der Waals surface area contributed by atoms with Crippen LogP contribution in [-0.2, 0) is 22.6 Å². The van der Waals surface area contributed by atoms with E-state index in [2.05, 4.69) is 12.1 Å². The summed E-state index contributed by atoms with van der Waals surface area (Å²) >= 11 is 0. The van der Waals surface area contributed by atoms with Gasteiger partial charge in [0.1, 0.15) is 11.5 Å². The molecule has 0 saturated heterocycles. The van der Waals surface area contributed by atoms with Gasteiger partial charge in [-0.25, -0.2) is 9.29 Å². The number of imide groups is 1. The number of aryl methyl sites for hydroxylation is 2. The second kappa shape index (κ2) is 7.75. The highest BCUT2D eigenvalue weighted by atomic mass is 19.1. The van der Waals surface area contributed by atoms with Crippen molar-refractivity contribution in [2.24, 2.45) is 0 Å². The van der Waals surface area contributed by atoms with Crippen molar-refractivity contribution in [2.75, 3.05) is 11.4 Å². The van der Waals surface area contributed by atoms with Gasteiger partial charge in [-0.05, 0) is 60.7 Å². The van der Waals surface area contributed by atoms with Crippen LogP contribution < -0.4 is 4.90 Å². The van der Waals surface area contributed by atoms with Gasteiger partial charge >= 0.3 is 0 Å². The Labute approximate surface area is 186 Å². The topological polar surface area (TPSA) is 40.6 Å². The Hall–Kier alpha value is -3.73. The minimum absolute atomic E-state index is 0.245. The molecule has 2 heterocycles. The molecule has 5 heteroatoms. The van der Waals surface area contributed by atoms with E-state index >= 15 is 0 Å². The first kappa shape index (κ1) is 20.2. The second-order valence-corrected chi connectivity index (χ2v) is 8.41. The smallest absolute Gasteiger partial charge is 0.282 e. The Bertz CT molecular complexity index is 1290. The van der Waals surface area contributed by atoms with Crippen molar-refractivity contribution in [3.63, 3.8) is 0 Å². The number of benzene rings is 3. The van der Waals surface area contributed by atoms with Gasteiger partial charge in [0.15, 0.2) is 0 Å². The maximum absolute atomic E-state index is 13.9. The van der Waals surface area contributed by atoms with Crippen molar-refractivity contribution >= 4 is 23.1 Å². The van der Waals surface area contributed by atoms with Crippen LogP contribution in [0.3, 0.4) is 0 Å². The molecule has 0 saturated carbocycles. The van der Waals surface area contributed by atoms with Crippen molar-refractivity contribution in [2.45, 2.75) is 26.8 Å². The van der Waals surface area contributed by atoms with E-state index in [1.54, 1.807) is 6.07 Å². The van der Waals surface area contributed by atoms with Crippen molar-refractivity contribution in [3.05, 3.63) is 106 Å². The molecule has 3 aromatic carbocycles. The van der Waals surface area contributed by atoms with Crippen LogP contribution in [0.5, 0.6) is 0 Å². The molecule has 0 unspecified atom stereocenters. The molecule has 4 nitrogen and oxygen atoms in total. The first-order valence-corrected chi connectivity index (χ1v) is 10.7. The Morgan fingerprint density at radius 2 is 1.62 bits per heavy atom. The Balaban J connectivity index is 1.66. The number of halogens is 1. The minimum Gasteiger partial charge on any atom is -0.362 e. The fourth-order valence-corrected chi connectivity index (χ4v) is 4.68. The van der Waals surface area contributed by atoms with Crippen LogP contribution in [-0.4, -0.2) is 23.3 Å². The van der Waals surface area contributed by atoms with Gasteiger partial charge in [0, 0.05) is 13.1 Å². The molecule has 2 aliphatic rings. The fourth-order valence-electron chi connectivity index (χ4n) is 4.68. The summed E-state index contributed by atoms with van der Waals surface area (Å²) < 4.78 is 13.9. The Morgan fingerprint density at radius 3 is 2.38 bits per heavy atom. The van der Waals surface area contributed by atoms with Crippen LogP contribution in [0.4, 0.5) is 10.1 Å². The zero-order valence-corrected chi connectivity index (χ0v) is 18.1. The van der Waals surface area contributed by atoms with Gasteiger partial charge in [-0.15, -0.1) is 0 Å². The third-order valence-electron chi connectivity index (χ3n) is 6.22. The molecule has 3 aromatic rings. The zero-order chi connectivity index (χ0) is 22.4. The molecule has 0 spiro atoms. The van der Waals surface area contributed by atoms with E-state index in [1.165, 1.54) is 23.8 Å².